The molecule has 0 unspecified atom stereocenters. The number of amides is 1. The van der Waals surface area contributed by atoms with Crippen molar-refractivity contribution >= 4 is 33.2 Å². The van der Waals surface area contributed by atoms with Crippen LogP contribution in [0.15, 0.2) is 53.4 Å². The summed E-state index contributed by atoms with van der Waals surface area (Å²) >= 11 is 5.82. The number of carbonyl (C=O) groups is 1. The van der Waals surface area contributed by atoms with Crippen LogP contribution in [0.5, 0.6) is 0 Å². The van der Waals surface area contributed by atoms with Crippen LogP contribution < -0.4 is 4.31 Å². The lowest BCUT2D eigenvalue weighted by atomic mass is 10.1. The van der Waals surface area contributed by atoms with Crippen LogP contribution in [0, 0.1) is 0 Å². The van der Waals surface area contributed by atoms with Crippen molar-refractivity contribution in [2.45, 2.75) is 25.2 Å². The van der Waals surface area contributed by atoms with Gasteiger partial charge < -0.3 is 4.90 Å². The van der Waals surface area contributed by atoms with Gasteiger partial charge in [0.05, 0.1) is 17.0 Å². The SMILES string of the molecule is CCN(CC)C(=O)Cc1ccc(N(C)S(=O)(=O)c2ccc(Cl)cc2)cc1. The normalized spacial score (nSPS) is 11.2. The highest BCUT2D eigenvalue weighted by molar-refractivity contribution is 7.92. The average molecular weight is 395 g/mol. The van der Waals surface area contributed by atoms with Crippen molar-refractivity contribution in [3.8, 4) is 0 Å². The van der Waals surface area contributed by atoms with Crippen LogP contribution in [0.4, 0.5) is 5.69 Å². The number of hydrogen-bond acceptors (Lipinski definition) is 3. The van der Waals surface area contributed by atoms with Gasteiger partial charge in [-0.1, -0.05) is 23.7 Å². The molecule has 26 heavy (non-hydrogen) atoms. The van der Waals surface area contributed by atoms with Gasteiger partial charge in [0.1, 0.15) is 0 Å². The zero-order valence-electron chi connectivity index (χ0n) is 15.1. The lowest BCUT2D eigenvalue weighted by Crippen LogP contribution is -2.31. The Labute approximate surface area is 160 Å². The van der Waals surface area contributed by atoms with Crippen molar-refractivity contribution in [1.82, 2.24) is 4.90 Å². The molecule has 1 amide bonds. The third-order valence-corrected chi connectivity index (χ3v) is 6.30. The molecule has 0 aliphatic heterocycles. The van der Waals surface area contributed by atoms with Crippen molar-refractivity contribution in [1.29, 1.82) is 0 Å². The predicted molar refractivity (Wildman–Crippen MR) is 105 cm³/mol. The molecule has 0 aromatic heterocycles. The quantitative estimate of drug-likeness (QED) is 0.721. The first kappa shape index (κ1) is 20.3. The maximum absolute atomic E-state index is 12.7. The fourth-order valence-electron chi connectivity index (χ4n) is 2.59. The molecule has 140 valence electrons. The van der Waals surface area contributed by atoms with Crippen LogP contribution in [0.1, 0.15) is 19.4 Å². The largest absolute Gasteiger partial charge is 0.343 e. The third-order valence-electron chi connectivity index (χ3n) is 4.24. The summed E-state index contributed by atoms with van der Waals surface area (Å²) in [5.74, 6) is 0.0601. The number of nitrogens with zero attached hydrogens (tertiary/aromatic N) is 2. The smallest absolute Gasteiger partial charge is 0.264 e. The average Bonchev–Trinajstić information content (AvgIpc) is 2.63. The number of rotatable bonds is 7. The van der Waals surface area contributed by atoms with Crippen molar-refractivity contribution in [2.75, 3.05) is 24.4 Å². The van der Waals surface area contributed by atoms with Gasteiger partial charge in [-0.05, 0) is 55.8 Å². The number of halogens is 1. The van der Waals surface area contributed by atoms with Gasteiger partial charge in [0.2, 0.25) is 5.91 Å². The first-order chi connectivity index (χ1) is 12.3. The highest BCUT2D eigenvalue weighted by Crippen LogP contribution is 2.23. The lowest BCUT2D eigenvalue weighted by Gasteiger charge is -2.21. The minimum atomic E-state index is -3.67. The molecular formula is C19H23ClN2O3S. The maximum Gasteiger partial charge on any atom is 0.264 e. The van der Waals surface area contributed by atoms with Gasteiger partial charge >= 0.3 is 0 Å². The third kappa shape index (κ3) is 4.56. The van der Waals surface area contributed by atoms with Crippen molar-refractivity contribution < 1.29 is 13.2 Å². The molecule has 0 aliphatic rings. The number of likely N-dealkylation sites (N-methyl/N-ethyl adjacent to an activating group) is 1. The van der Waals surface area contributed by atoms with Crippen LogP contribution in [-0.2, 0) is 21.2 Å². The van der Waals surface area contributed by atoms with E-state index in [2.05, 4.69) is 0 Å². The molecule has 0 N–H and O–H groups in total. The summed E-state index contributed by atoms with van der Waals surface area (Å²) in [6, 6.07) is 13.0. The predicted octanol–water partition coefficient (Wildman–Crippen LogP) is 3.58. The molecule has 0 fully saturated rings. The van der Waals surface area contributed by atoms with Gasteiger partial charge in [-0.25, -0.2) is 8.42 Å². The molecule has 0 bridgehead atoms. The van der Waals surface area contributed by atoms with Gasteiger partial charge in [-0.3, -0.25) is 9.10 Å². The van der Waals surface area contributed by atoms with E-state index >= 15 is 0 Å². The summed E-state index contributed by atoms with van der Waals surface area (Å²) in [6.07, 6.45) is 0.301. The number of benzene rings is 2. The van der Waals surface area contributed by atoms with E-state index < -0.39 is 10.0 Å². The van der Waals surface area contributed by atoms with E-state index in [9.17, 15) is 13.2 Å². The van der Waals surface area contributed by atoms with E-state index in [1.165, 1.54) is 23.5 Å². The Morgan fingerprint density at radius 2 is 1.50 bits per heavy atom. The molecule has 5 nitrogen and oxygen atoms in total. The molecule has 0 spiro atoms. The Morgan fingerprint density at radius 1 is 0.962 bits per heavy atom. The molecule has 0 atom stereocenters. The summed E-state index contributed by atoms with van der Waals surface area (Å²) in [4.78, 5) is 14.1. The monoisotopic (exact) mass is 394 g/mol. The Bertz CT molecular complexity index is 845. The highest BCUT2D eigenvalue weighted by atomic mass is 35.5. The molecular weight excluding hydrogens is 372 g/mol. The van der Waals surface area contributed by atoms with Crippen LogP contribution in [0.3, 0.4) is 0 Å². The van der Waals surface area contributed by atoms with E-state index in [4.69, 9.17) is 11.6 Å². The Balaban J connectivity index is 2.16. The second kappa shape index (κ2) is 8.56. The summed E-state index contributed by atoms with van der Waals surface area (Å²) in [5, 5.41) is 0.480. The van der Waals surface area contributed by atoms with E-state index in [1.54, 1.807) is 41.3 Å². The molecule has 0 saturated heterocycles. The van der Waals surface area contributed by atoms with Gasteiger partial charge in [0.25, 0.3) is 10.0 Å². The van der Waals surface area contributed by atoms with E-state index in [0.29, 0.717) is 30.2 Å². The van der Waals surface area contributed by atoms with E-state index in [0.717, 1.165) is 5.56 Å². The Morgan fingerprint density at radius 3 is 2.00 bits per heavy atom. The first-order valence-electron chi connectivity index (χ1n) is 8.40. The lowest BCUT2D eigenvalue weighted by molar-refractivity contribution is -0.130. The van der Waals surface area contributed by atoms with E-state index in [-0.39, 0.29) is 10.8 Å². The number of sulfonamides is 1. The maximum atomic E-state index is 12.7. The standard InChI is InChI=1S/C19H23ClN2O3S/c1-4-22(5-2)19(23)14-15-6-10-17(11-7-15)21(3)26(24,25)18-12-8-16(20)9-13-18/h6-13H,4-5,14H2,1-3H3. The second-order valence-corrected chi connectivity index (χ2v) is 8.24. The van der Waals surface area contributed by atoms with Crippen LogP contribution >= 0.6 is 11.6 Å². The minimum absolute atomic E-state index is 0.0601. The van der Waals surface area contributed by atoms with Crippen LogP contribution in [-0.4, -0.2) is 39.4 Å². The van der Waals surface area contributed by atoms with Crippen LogP contribution in [0.25, 0.3) is 0 Å². The Kier molecular flexibility index (Phi) is 6.67. The molecule has 7 heteroatoms. The summed E-state index contributed by atoms with van der Waals surface area (Å²) in [6.45, 7) is 5.24. The van der Waals surface area contributed by atoms with E-state index in [1.807, 2.05) is 13.8 Å². The van der Waals surface area contributed by atoms with Gasteiger partial charge in [-0.2, -0.15) is 0 Å². The molecule has 0 radical (unpaired) electrons. The summed E-state index contributed by atoms with van der Waals surface area (Å²) < 4.78 is 26.6. The highest BCUT2D eigenvalue weighted by Gasteiger charge is 2.21. The van der Waals surface area contributed by atoms with Crippen LogP contribution in [0.2, 0.25) is 5.02 Å². The molecule has 2 aromatic carbocycles. The number of carbonyl (C=O) groups excluding carboxylic acids is 1. The van der Waals surface area contributed by atoms with Gasteiger partial charge in [0, 0.05) is 25.2 Å². The number of hydrogen-bond donors (Lipinski definition) is 0. The molecule has 2 rings (SSSR count). The summed E-state index contributed by atoms with van der Waals surface area (Å²) in [7, 11) is -2.17. The van der Waals surface area contributed by atoms with Crippen molar-refractivity contribution in [2.24, 2.45) is 0 Å². The zero-order valence-corrected chi connectivity index (χ0v) is 16.7. The number of anilines is 1. The fourth-order valence-corrected chi connectivity index (χ4v) is 3.91. The van der Waals surface area contributed by atoms with Crippen molar-refractivity contribution in [3.63, 3.8) is 0 Å². The fraction of sp³-hybridized carbons (Fsp3) is 0.316. The molecule has 0 aliphatic carbocycles. The minimum Gasteiger partial charge on any atom is -0.343 e. The first-order valence-corrected chi connectivity index (χ1v) is 10.2. The van der Waals surface area contributed by atoms with Gasteiger partial charge in [0.15, 0.2) is 0 Å². The zero-order chi connectivity index (χ0) is 19.3. The van der Waals surface area contributed by atoms with Gasteiger partial charge in [-0.15, -0.1) is 0 Å². The second-order valence-electron chi connectivity index (χ2n) is 5.84. The Hall–Kier alpha value is -2.05. The molecule has 0 heterocycles. The topological polar surface area (TPSA) is 57.7 Å². The van der Waals surface area contributed by atoms with Crippen molar-refractivity contribution in [3.05, 3.63) is 59.1 Å². The molecule has 2 aromatic rings. The molecule has 0 saturated carbocycles. The summed E-state index contributed by atoms with van der Waals surface area (Å²) in [5.41, 5.74) is 1.38.